The van der Waals surface area contributed by atoms with Crippen LogP contribution >= 0.6 is 22.6 Å². The third kappa shape index (κ3) is 3.49. The molecule has 0 aliphatic heterocycles. The quantitative estimate of drug-likeness (QED) is 0.832. The van der Waals surface area contributed by atoms with Crippen molar-refractivity contribution in [2.24, 2.45) is 5.92 Å². The largest absolute Gasteiger partial charge is 0.310 e. The molecule has 18 heavy (non-hydrogen) atoms. The van der Waals surface area contributed by atoms with Gasteiger partial charge in [-0.15, -0.1) is 5.10 Å². The minimum Gasteiger partial charge on any atom is -0.310 e. The van der Waals surface area contributed by atoms with Crippen molar-refractivity contribution in [3.05, 3.63) is 33.7 Å². The molecule has 6 heteroatoms. The smallest absolute Gasteiger partial charge is 0.170 e. The monoisotopic (exact) mass is 357 g/mol. The number of hydrogen-bond acceptors (Lipinski definition) is 4. The molecule has 0 radical (unpaired) electrons. The van der Waals surface area contributed by atoms with Gasteiger partial charge in [-0.2, -0.15) is 4.68 Å². The fraction of sp³-hybridized carbons (Fsp3) is 0.417. The number of nitrogens with one attached hydrogen (secondary N) is 1. The van der Waals surface area contributed by atoms with Crippen LogP contribution in [0.1, 0.15) is 19.7 Å². The van der Waals surface area contributed by atoms with E-state index >= 15 is 0 Å². The van der Waals surface area contributed by atoms with Crippen LogP contribution in [0.15, 0.2) is 24.3 Å². The summed E-state index contributed by atoms with van der Waals surface area (Å²) in [5.41, 5.74) is 0.988. The van der Waals surface area contributed by atoms with Gasteiger partial charge in [0.15, 0.2) is 5.82 Å². The zero-order chi connectivity index (χ0) is 13.0. The van der Waals surface area contributed by atoms with E-state index < -0.39 is 0 Å². The van der Waals surface area contributed by atoms with Gasteiger partial charge in [0.05, 0.1) is 12.2 Å². The Labute approximate surface area is 120 Å². The van der Waals surface area contributed by atoms with Crippen molar-refractivity contribution in [1.82, 2.24) is 25.5 Å². The van der Waals surface area contributed by atoms with Crippen LogP contribution in [0.3, 0.4) is 0 Å². The highest BCUT2D eigenvalue weighted by Gasteiger charge is 2.07. The first-order valence-corrected chi connectivity index (χ1v) is 6.98. The van der Waals surface area contributed by atoms with Crippen molar-refractivity contribution < 1.29 is 0 Å². The fourth-order valence-corrected chi connectivity index (χ4v) is 1.93. The summed E-state index contributed by atoms with van der Waals surface area (Å²) in [5, 5.41) is 15.2. The molecule has 96 valence electrons. The first-order chi connectivity index (χ1) is 8.66. The summed E-state index contributed by atoms with van der Waals surface area (Å²) in [5.74, 6) is 1.45. The molecular formula is C12H16IN5. The molecule has 2 aromatic rings. The highest BCUT2D eigenvalue weighted by molar-refractivity contribution is 14.1. The van der Waals surface area contributed by atoms with E-state index in [1.807, 2.05) is 24.3 Å². The van der Waals surface area contributed by atoms with Gasteiger partial charge in [-0.3, -0.25) is 0 Å². The number of aromatic nitrogens is 4. The molecule has 0 aliphatic rings. The lowest BCUT2D eigenvalue weighted by molar-refractivity contribution is 0.537. The van der Waals surface area contributed by atoms with Gasteiger partial charge in [0.25, 0.3) is 0 Å². The number of benzene rings is 1. The Bertz CT molecular complexity index is 491. The fourth-order valence-electron chi connectivity index (χ4n) is 1.57. The lowest BCUT2D eigenvalue weighted by Gasteiger charge is -2.07. The summed E-state index contributed by atoms with van der Waals surface area (Å²) < 4.78 is 2.97. The Hall–Kier alpha value is -1.02. The minimum atomic E-state index is 0.618. The van der Waals surface area contributed by atoms with Gasteiger partial charge >= 0.3 is 0 Å². The molecule has 0 saturated heterocycles. The van der Waals surface area contributed by atoms with Gasteiger partial charge < -0.3 is 5.32 Å². The van der Waals surface area contributed by atoms with E-state index in [0.717, 1.165) is 18.1 Å². The van der Waals surface area contributed by atoms with Crippen LogP contribution in [0.2, 0.25) is 0 Å². The number of tetrazole rings is 1. The first kappa shape index (κ1) is 13.4. The van der Waals surface area contributed by atoms with Crippen molar-refractivity contribution in [2.45, 2.75) is 20.4 Å². The first-order valence-electron chi connectivity index (χ1n) is 5.90. The van der Waals surface area contributed by atoms with Gasteiger partial charge in [-0.1, -0.05) is 13.8 Å². The Kier molecular flexibility index (Phi) is 4.65. The van der Waals surface area contributed by atoms with E-state index in [-0.39, 0.29) is 0 Å². The number of halogens is 1. The lowest BCUT2D eigenvalue weighted by atomic mass is 10.2. The van der Waals surface area contributed by atoms with E-state index in [0.29, 0.717) is 12.5 Å². The summed E-state index contributed by atoms with van der Waals surface area (Å²) in [6.07, 6.45) is 0. The summed E-state index contributed by atoms with van der Waals surface area (Å²) in [6.45, 7) is 5.99. The molecule has 1 aromatic carbocycles. The molecule has 0 unspecified atom stereocenters. The molecule has 1 N–H and O–H groups in total. The third-order valence-corrected chi connectivity index (χ3v) is 3.16. The maximum atomic E-state index is 4.05. The zero-order valence-electron chi connectivity index (χ0n) is 10.5. The maximum Gasteiger partial charge on any atom is 0.170 e. The molecule has 5 nitrogen and oxygen atoms in total. The van der Waals surface area contributed by atoms with Gasteiger partial charge in [0.1, 0.15) is 0 Å². The van der Waals surface area contributed by atoms with Crippen LogP contribution in [0, 0.1) is 9.49 Å². The van der Waals surface area contributed by atoms with Crippen molar-refractivity contribution in [1.29, 1.82) is 0 Å². The average molecular weight is 357 g/mol. The van der Waals surface area contributed by atoms with E-state index in [1.54, 1.807) is 4.68 Å². The van der Waals surface area contributed by atoms with Crippen LogP contribution in [-0.2, 0) is 6.54 Å². The Morgan fingerprint density at radius 2 is 2.00 bits per heavy atom. The Morgan fingerprint density at radius 3 is 2.67 bits per heavy atom. The summed E-state index contributed by atoms with van der Waals surface area (Å²) in [6, 6.07) is 8.12. The van der Waals surface area contributed by atoms with Gasteiger partial charge in [0.2, 0.25) is 0 Å². The summed E-state index contributed by atoms with van der Waals surface area (Å²) in [4.78, 5) is 0. The molecule has 0 aliphatic carbocycles. The molecular weight excluding hydrogens is 341 g/mol. The van der Waals surface area contributed by atoms with Crippen LogP contribution in [0.4, 0.5) is 0 Å². The second-order valence-electron chi connectivity index (χ2n) is 4.51. The SMILES string of the molecule is CC(C)CNCc1nnnn1-c1ccc(I)cc1. The van der Waals surface area contributed by atoms with Gasteiger partial charge in [0, 0.05) is 3.57 Å². The minimum absolute atomic E-state index is 0.618. The number of hydrogen-bond donors (Lipinski definition) is 1. The van der Waals surface area contributed by atoms with Gasteiger partial charge in [-0.25, -0.2) is 0 Å². The van der Waals surface area contributed by atoms with Gasteiger partial charge in [-0.05, 0) is 69.7 Å². The van der Waals surface area contributed by atoms with Crippen LogP contribution in [0.5, 0.6) is 0 Å². The van der Waals surface area contributed by atoms with E-state index in [1.165, 1.54) is 3.57 Å². The third-order valence-electron chi connectivity index (χ3n) is 2.44. The molecule has 2 rings (SSSR count). The maximum absolute atomic E-state index is 4.05. The molecule has 1 heterocycles. The predicted octanol–water partition coefficient (Wildman–Crippen LogP) is 2.01. The topological polar surface area (TPSA) is 55.6 Å². The highest BCUT2D eigenvalue weighted by atomic mass is 127. The average Bonchev–Trinajstić information content (AvgIpc) is 2.78. The van der Waals surface area contributed by atoms with E-state index in [9.17, 15) is 0 Å². The van der Waals surface area contributed by atoms with Crippen molar-refractivity contribution in [3.63, 3.8) is 0 Å². The van der Waals surface area contributed by atoms with Crippen molar-refractivity contribution in [2.75, 3.05) is 6.54 Å². The number of nitrogens with zero attached hydrogens (tertiary/aromatic N) is 4. The van der Waals surface area contributed by atoms with Crippen LogP contribution in [-0.4, -0.2) is 26.8 Å². The molecule has 0 atom stereocenters. The summed E-state index contributed by atoms with van der Waals surface area (Å²) >= 11 is 2.28. The predicted molar refractivity (Wildman–Crippen MR) is 78.4 cm³/mol. The Balaban J connectivity index is 2.10. The standard InChI is InChI=1S/C12H16IN5/c1-9(2)7-14-8-12-15-16-17-18(12)11-5-3-10(13)4-6-11/h3-6,9,14H,7-8H2,1-2H3. The second-order valence-corrected chi connectivity index (χ2v) is 5.75. The zero-order valence-corrected chi connectivity index (χ0v) is 12.6. The molecule has 0 spiro atoms. The molecule has 0 amide bonds. The van der Waals surface area contributed by atoms with Crippen LogP contribution < -0.4 is 5.32 Å². The van der Waals surface area contributed by atoms with E-state index in [2.05, 4.69) is 57.3 Å². The molecule has 1 aromatic heterocycles. The van der Waals surface area contributed by atoms with E-state index in [4.69, 9.17) is 0 Å². The van der Waals surface area contributed by atoms with Crippen LogP contribution in [0.25, 0.3) is 5.69 Å². The second kappa shape index (κ2) is 6.24. The summed E-state index contributed by atoms with van der Waals surface area (Å²) in [7, 11) is 0. The van der Waals surface area contributed by atoms with Crippen molar-refractivity contribution in [3.8, 4) is 5.69 Å². The molecule has 0 saturated carbocycles. The van der Waals surface area contributed by atoms with Crippen molar-refractivity contribution >= 4 is 22.6 Å². The number of rotatable bonds is 5. The Morgan fingerprint density at radius 1 is 1.28 bits per heavy atom. The highest BCUT2D eigenvalue weighted by Crippen LogP contribution is 2.11. The lowest BCUT2D eigenvalue weighted by Crippen LogP contribution is -2.21. The molecule has 0 bridgehead atoms. The normalized spacial score (nSPS) is 11.1. The molecule has 0 fully saturated rings.